The molecule has 1 amide bonds. The van der Waals surface area contributed by atoms with Crippen LogP contribution in [0.4, 0.5) is 5.69 Å². The Labute approximate surface area is 276 Å². The van der Waals surface area contributed by atoms with Gasteiger partial charge in [0.15, 0.2) is 5.76 Å². The lowest BCUT2D eigenvalue weighted by molar-refractivity contribution is 0.0654. The second-order valence-corrected chi connectivity index (χ2v) is 9.77. The molecule has 4 aromatic rings. The van der Waals surface area contributed by atoms with Crippen LogP contribution in [0.15, 0.2) is 59.5 Å². The fourth-order valence-corrected chi connectivity index (χ4v) is 4.30. The van der Waals surface area contributed by atoms with Gasteiger partial charge >= 0.3 is 0 Å². The van der Waals surface area contributed by atoms with Crippen molar-refractivity contribution < 1.29 is 37.6 Å². The quantitative estimate of drug-likeness (QED) is 0.113. The molecule has 0 unspecified atom stereocenters. The number of methoxy groups -OCH3 is 3. The number of carbonyl (C=O) groups excluding carboxylic acids is 1. The van der Waals surface area contributed by atoms with Crippen molar-refractivity contribution in [3.8, 4) is 22.7 Å². The highest BCUT2D eigenvalue weighted by molar-refractivity contribution is 6.06. The largest absolute Gasteiger partial charge is 0.451 e. The van der Waals surface area contributed by atoms with Crippen molar-refractivity contribution in [2.45, 2.75) is 26.9 Å². The molecule has 14 heteroatoms. The van der Waals surface area contributed by atoms with Crippen LogP contribution in [-0.2, 0) is 41.5 Å². The molecule has 0 aliphatic rings. The molecule has 0 aliphatic heterocycles. The van der Waals surface area contributed by atoms with Gasteiger partial charge in [-0.2, -0.15) is 10.2 Å². The van der Waals surface area contributed by atoms with Crippen LogP contribution in [0.2, 0.25) is 0 Å². The van der Waals surface area contributed by atoms with Crippen molar-refractivity contribution in [2.75, 3.05) is 92.2 Å². The predicted molar refractivity (Wildman–Crippen MR) is 176 cm³/mol. The van der Waals surface area contributed by atoms with Gasteiger partial charge in [-0.05, 0) is 24.3 Å². The summed E-state index contributed by atoms with van der Waals surface area (Å²) in [6.45, 7) is 9.37. The molecule has 0 spiro atoms. The molecule has 0 bridgehead atoms. The number of rotatable bonds is 22. The van der Waals surface area contributed by atoms with Gasteiger partial charge < -0.3 is 32.8 Å². The van der Waals surface area contributed by atoms with Crippen molar-refractivity contribution >= 4 is 11.6 Å². The summed E-state index contributed by atoms with van der Waals surface area (Å²) < 4.78 is 41.7. The third-order valence-electron chi connectivity index (χ3n) is 6.60. The minimum absolute atomic E-state index is 0.167. The van der Waals surface area contributed by atoms with Gasteiger partial charge in [-0.25, -0.2) is 0 Å². The van der Waals surface area contributed by atoms with E-state index >= 15 is 0 Å². The number of amides is 1. The number of hydrogen-bond acceptors (Lipinski definition) is 11. The standard InChI is InChI=1S/C31H42N6O8.C2H6/c1-39-16-19-42-13-10-35-23-25(22-33-35)28-7-8-29(45-28)31(38)37(12-15-44-21-18-41-3)27-24-36(11-14-43-20-17-40-2)34-30(27)26-6-4-5-9-32-26;1-2/h4-9,22-24H,10-21H2,1-3H3;1-2H3. The van der Waals surface area contributed by atoms with E-state index < -0.39 is 0 Å². The van der Waals surface area contributed by atoms with Gasteiger partial charge in [-0.15, -0.1) is 0 Å². The van der Waals surface area contributed by atoms with E-state index in [9.17, 15) is 4.79 Å². The summed E-state index contributed by atoms with van der Waals surface area (Å²) in [4.78, 5) is 20.2. The van der Waals surface area contributed by atoms with E-state index in [1.54, 1.807) is 60.1 Å². The maximum atomic E-state index is 14.1. The number of pyridine rings is 1. The smallest absolute Gasteiger partial charge is 0.294 e. The highest BCUT2D eigenvalue weighted by Crippen LogP contribution is 2.31. The van der Waals surface area contributed by atoms with Gasteiger partial charge in [0.2, 0.25) is 0 Å². The highest BCUT2D eigenvalue weighted by Gasteiger charge is 2.27. The van der Waals surface area contributed by atoms with E-state index in [4.69, 9.17) is 37.9 Å². The minimum atomic E-state index is -0.344. The Morgan fingerprint density at radius 3 is 2.09 bits per heavy atom. The number of nitrogens with zero attached hydrogens (tertiary/aromatic N) is 6. The van der Waals surface area contributed by atoms with Crippen LogP contribution < -0.4 is 4.90 Å². The Morgan fingerprint density at radius 2 is 1.45 bits per heavy atom. The number of anilines is 1. The summed E-state index contributed by atoms with van der Waals surface area (Å²) in [5.41, 5.74) is 2.50. The maximum Gasteiger partial charge on any atom is 0.294 e. The Hall–Kier alpha value is -3.92. The molecule has 4 rings (SSSR count). The number of carbonyl (C=O) groups is 1. The predicted octanol–water partition coefficient (Wildman–Crippen LogP) is 4.06. The molecule has 4 heterocycles. The fraction of sp³-hybridized carbons (Fsp3) is 0.515. The lowest BCUT2D eigenvalue weighted by Gasteiger charge is -2.21. The molecule has 0 radical (unpaired) electrons. The molecular formula is C33H48N6O8. The van der Waals surface area contributed by atoms with Crippen LogP contribution in [0.3, 0.4) is 0 Å². The van der Waals surface area contributed by atoms with E-state index in [1.807, 2.05) is 44.4 Å². The lowest BCUT2D eigenvalue weighted by atomic mass is 10.2. The van der Waals surface area contributed by atoms with Crippen LogP contribution in [0.25, 0.3) is 22.7 Å². The summed E-state index contributed by atoms with van der Waals surface area (Å²) in [7, 11) is 4.88. The molecule has 14 nitrogen and oxygen atoms in total. The first-order valence-corrected chi connectivity index (χ1v) is 15.8. The number of furan rings is 1. The molecule has 0 aliphatic carbocycles. The van der Waals surface area contributed by atoms with Crippen LogP contribution in [0.5, 0.6) is 0 Å². The van der Waals surface area contributed by atoms with E-state index in [0.29, 0.717) is 88.8 Å². The molecule has 0 saturated carbocycles. The van der Waals surface area contributed by atoms with Gasteiger partial charge in [0.1, 0.15) is 11.5 Å². The van der Waals surface area contributed by atoms with Gasteiger partial charge in [-0.1, -0.05) is 19.9 Å². The SMILES string of the molecule is CC.COCCOCCN(C(=O)c1ccc(-c2cnn(CCOCCOC)c2)o1)c1cn(CCOCCOC)nc1-c1ccccn1. The van der Waals surface area contributed by atoms with Gasteiger partial charge in [0, 0.05) is 46.5 Å². The van der Waals surface area contributed by atoms with Crippen molar-refractivity contribution in [3.05, 3.63) is 60.9 Å². The van der Waals surface area contributed by atoms with E-state index in [2.05, 4.69) is 10.1 Å². The summed E-state index contributed by atoms with van der Waals surface area (Å²) in [6, 6.07) is 8.99. The number of hydrogen-bond donors (Lipinski definition) is 0. The zero-order chi connectivity index (χ0) is 33.7. The monoisotopic (exact) mass is 656 g/mol. The van der Waals surface area contributed by atoms with Gasteiger partial charge in [0.05, 0.1) is 95.7 Å². The summed E-state index contributed by atoms with van der Waals surface area (Å²) in [5.74, 6) is 0.346. The Morgan fingerprint density at radius 1 is 0.787 bits per heavy atom. The Bertz CT molecular complexity index is 1410. The maximum absolute atomic E-state index is 14.1. The average Bonchev–Trinajstić information content (AvgIpc) is 3.88. The van der Waals surface area contributed by atoms with E-state index in [0.717, 1.165) is 5.56 Å². The van der Waals surface area contributed by atoms with Crippen LogP contribution in [-0.4, -0.2) is 118 Å². The highest BCUT2D eigenvalue weighted by atomic mass is 16.5. The third-order valence-corrected chi connectivity index (χ3v) is 6.60. The molecule has 0 fully saturated rings. The van der Waals surface area contributed by atoms with Crippen LogP contribution >= 0.6 is 0 Å². The van der Waals surface area contributed by atoms with E-state index in [1.165, 1.54) is 0 Å². The lowest BCUT2D eigenvalue weighted by Crippen LogP contribution is -2.34. The Kier molecular flexibility index (Phi) is 17.4. The number of aromatic nitrogens is 5. The molecule has 0 atom stereocenters. The molecule has 0 aromatic carbocycles. The molecule has 0 N–H and O–H groups in total. The molecule has 47 heavy (non-hydrogen) atoms. The first-order valence-electron chi connectivity index (χ1n) is 15.8. The summed E-state index contributed by atoms with van der Waals surface area (Å²) >= 11 is 0. The van der Waals surface area contributed by atoms with Crippen molar-refractivity contribution in [2.24, 2.45) is 0 Å². The van der Waals surface area contributed by atoms with Gasteiger partial charge in [0.25, 0.3) is 5.91 Å². The first kappa shape index (κ1) is 37.5. The van der Waals surface area contributed by atoms with Crippen molar-refractivity contribution in [3.63, 3.8) is 0 Å². The van der Waals surface area contributed by atoms with Crippen molar-refractivity contribution in [1.82, 2.24) is 24.5 Å². The normalized spacial score (nSPS) is 11.0. The minimum Gasteiger partial charge on any atom is -0.451 e. The van der Waals surface area contributed by atoms with Crippen LogP contribution in [0, 0.1) is 0 Å². The van der Waals surface area contributed by atoms with Crippen molar-refractivity contribution in [1.29, 1.82) is 0 Å². The molecule has 4 aromatic heterocycles. The molecule has 258 valence electrons. The third kappa shape index (κ3) is 12.0. The summed E-state index contributed by atoms with van der Waals surface area (Å²) in [6.07, 6.45) is 7.06. The zero-order valence-electron chi connectivity index (χ0n) is 28.1. The second kappa shape index (κ2) is 21.8. The van der Waals surface area contributed by atoms with Gasteiger partial charge in [-0.3, -0.25) is 24.0 Å². The number of ether oxygens (including phenoxy) is 6. The topological polar surface area (TPSA) is 137 Å². The summed E-state index contributed by atoms with van der Waals surface area (Å²) in [5, 5.41) is 9.17. The first-order chi connectivity index (χ1) is 23.1. The average molecular weight is 657 g/mol. The zero-order valence-corrected chi connectivity index (χ0v) is 28.1. The van der Waals surface area contributed by atoms with Crippen LogP contribution in [0.1, 0.15) is 24.4 Å². The molecular weight excluding hydrogens is 608 g/mol. The fourth-order valence-electron chi connectivity index (χ4n) is 4.30. The second-order valence-electron chi connectivity index (χ2n) is 9.77. The van der Waals surface area contributed by atoms with E-state index in [-0.39, 0.29) is 24.8 Å². The Balaban J connectivity index is 0.00000294. The molecule has 0 saturated heterocycles.